The molecule has 0 spiro atoms. The van der Waals surface area contributed by atoms with Gasteiger partial charge in [0, 0.05) is 25.5 Å². The lowest BCUT2D eigenvalue weighted by Gasteiger charge is -2.26. The predicted molar refractivity (Wildman–Crippen MR) is 91.5 cm³/mol. The highest BCUT2D eigenvalue weighted by Gasteiger charge is 2.19. The third kappa shape index (κ3) is 3.84. The zero-order valence-corrected chi connectivity index (χ0v) is 13.7. The maximum Gasteiger partial charge on any atom is 0.100 e. The minimum absolute atomic E-state index is 0.0369. The van der Waals surface area contributed by atoms with Gasteiger partial charge in [-0.15, -0.1) is 5.10 Å². The molecule has 1 N–H and O–H groups in total. The summed E-state index contributed by atoms with van der Waals surface area (Å²) < 4.78 is 1.77. The Balaban J connectivity index is 1.77. The van der Waals surface area contributed by atoms with E-state index in [9.17, 15) is 5.11 Å². The summed E-state index contributed by atoms with van der Waals surface area (Å²) >= 11 is 0. The average molecular weight is 323 g/mol. The maximum absolute atomic E-state index is 9.40. The molecule has 1 aromatic carbocycles. The Morgan fingerprint density at radius 2 is 2.00 bits per heavy atom. The molecular formula is C18H21N5O. The molecule has 1 unspecified atom stereocenters. The third-order valence-corrected chi connectivity index (χ3v) is 4.00. The number of para-hydroxylation sites is 1. The lowest BCUT2D eigenvalue weighted by atomic mass is 10.2. The first-order chi connectivity index (χ1) is 11.8. The van der Waals surface area contributed by atoms with Crippen LogP contribution in [0.4, 0.5) is 0 Å². The van der Waals surface area contributed by atoms with Crippen molar-refractivity contribution in [2.45, 2.75) is 19.5 Å². The van der Waals surface area contributed by atoms with Crippen molar-refractivity contribution in [3.8, 4) is 5.69 Å². The quantitative estimate of drug-likeness (QED) is 0.722. The van der Waals surface area contributed by atoms with Crippen molar-refractivity contribution >= 4 is 0 Å². The highest BCUT2D eigenvalue weighted by atomic mass is 16.3. The Bertz CT molecular complexity index is 744. The smallest absolute Gasteiger partial charge is 0.100 e. The number of nitrogens with zero attached hydrogens (tertiary/aromatic N) is 5. The molecule has 0 fully saturated rings. The minimum Gasteiger partial charge on any atom is -0.395 e. The zero-order valence-electron chi connectivity index (χ0n) is 13.7. The van der Waals surface area contributed by atoms with E-state index in [1.165, 1.54) is 0 Å². The van der Waals surface area contributed by atoms with Crippen LogP contribution in [0.2, 0.25) is 0 Å². The van der Waals surface area contributed by atoms with Crippen molar-refractivity contribution in [1.82, 2.24) is 24.9 Å². The van der Waals surface area contributed by atoms with Gasteiger partial charge in [-0.25, -0.2) is 4.68 Å². The number of pyridine rings is 1. The largest absolute Gasteiger partial charge is 0.395 e. The Hall–Kier alpha value is -2.57. The van der Waals surface area contributed by atoms with E-state index >= 15 is 0 Å². The van der Waals surface area contributed by atoms with Gasteiger partial charge in [-0.2, -0.15) is 0 Å². The summed E-state index contributed by atoms with van der Waals surface area (Å²) in [5.74, 6) is 0. The molecule has 1 atom stereocenters. The molecule has 0 saturated heterocycles. The van der Waals surface area contributed by atoms with Crippen LogP contribution in [0.25, 0.3) is 5.69 Å². The van der Waals surface area contributed by atoms with Crippen molar-refractivity contribution in [3.63, 3.8) is 0 Å². The summed E-state index contributed by atoms with van der Waals surface area (Å²) in [4.78, 5) is 6.32. The van der Waals surface area contributed by atoms with Crippen molar-refractivity contribution in [2.24, 2.45) is 0 Å². The van der Waals surface area contributed by atoms with Gasteiger partial charge in [-0.1, -0.05) is 29.5 Å². The van der Waals surface area contributed by atoms with Gasteiger partial charge in [0.05, 0.1) is 24.5 Å². The fourth-order valence-corrected chi connectivity index (χ4v) is 2.63. The highest BCUT2D eigenvalue weighted by Crippen LogP contribution is 2.20. The molecule has 0 radical (unpaired) electrons. The van der Waals surface area contributed by atoms with Gasteiger partial charge in [-0.3, -0.25) is 9.88 Å². The van der Waals surface area contributed by atoms with Gasteiger partial charge in [-0.05, 0) is 30.7 Å². The van der Waals surface area contributed by atoms with E-state index in [2.05, 4.69) is 27.1 Å². The number of rotatable bonds is 7. The summed E-state index contributed by atoms with van der Waals surface area (Å²) in [6, 6.07) is 13.9. The molecule has 0 saturated carbocycles. The normalized spacial score (nSPS) is 12.5. The van der Waals surface area contributed by atoms with Crippen LogP contribution in [0.15, 0.2) is 61.1 Å². The number of aliphatic hydroxyl groups excluding tert-OH is 1. The molecule has 0 aliphatic rings. The molecule has 0 aliphatic heterocycles. The Labute approximate surface area is 141 Å². The number of hydrogen-bond donors (Lipinski definition) is 1. The topological polar surface area (TPSA) is 67.1 Å². The summed E-state index contributed by atoms with van der Waals surface area (Å²) in [7, 11) is 0. The van der Waals surface area contributed by atoms with Crippen molar-refractivity contribution in [2.75, 3.05) is 13.2 Å². The monoisotopic (exact) mass is 323 g/mol. The number of aliphatic hydroxyl groups is 1. The van der Waals surface area contributed by atoms with E-state index in [1.54, 1.807) is 10.9 Å². The van der Waals surface area contributed by atoms with E-state index in [4.69, 9.17) is 0 Å². The van der Waals surface area contributed by atoms with Crippen LogP contribution in [0, 0.1) is 0 Å². The van der Waals surface area contributed by atoms with Crippen LogP contribution < -0.4 is 0 Å². The molecule has 3 aromatic rings. The van der Waals surface area contributed by atoms with Gasteiger partial charge in [0.25, 0.3) is 0 Å². The molecule has 0 aliphatic carbocycles. The van der Waals surface area contributed by atoms with Gasteiger partial charge in [0.2, 0.25) is 0 Å². The first-order valence-corrected chi connectivity index (χ1v) is 7.99. The third-order valence-electron chi connectivity index (χ3n) is 4.00. The summed E-state index contributed by atoms with van der Waals surface area (Å²) in [6.45, 7) is 3.44. The average Bonchev–Trinajstić information content (AvgIpc) is 3.12. The van der Waals surface area contributed by atoms with Crippen LogP contribution in [0.1, 0.15) is 24.2 Å². The zero-order chi connectivity index (χ0) is 16.8. The maximum atomic E-state index is 9.40. The molecule has 2 heterocycles. The second-order valence-electron chi connectivity index (χ2n) is 5.65. The van der Waals surface area contributed by atoms with Crippen molar-refractivity contribution in [1.29, 1.82) is 0 Å². The molecule has 6 nitrogen and oxygen atoms in total. The van der Waals surface area contributed by atoms with E-state index in [0.717, 1.165) is 16.9 Å². The van der Waals surface area contributed by atoms with Crippen LogP contribution >= 0.6 is 0 Å². The Morgan fingerprint density at radius 1 is 1.17 bits per heavy atom. The fourth-order valence-electron chi connectivity index (χ4n) is 2.63. The Morgan fingerprint density at radius 3 is 2.71 bits per heavy atom. The lowest BCUT2D eigenvalue weighted by Crippen LogP contribution is -2.29. The second-order valence-corrected chi connectivity index (χ2v) is 5.65. The van der Waals surface area contributed by atoms with E-state index < -0.39 is 0 Å². The van der Waals surface area contributed by atoms with Gasteiger partial charge in [0.1, 0.15) is 5.69 Å². The molecule has 6 heteroatoms. The van der Waals surface area contributed by atoms with E-state index in [-0.39, 0.29) is 12.6 Å². The molecular weight excluding hydrogens is 302 g/mol. The van der Waals surface area contributed by atoms with E-state index in [0.29, 0.717) is 13.1 Å². The predicted octanol–water partition coefficient (Wildman–Crippen LogP) is 2.22. The van der Waals surface area contributed by atoms with Gasteiger partial charge >= 0.3 is 0 Å². The molecule has 2 aromatic heterocycles. The minimum atomic E-state index is 0.0369. The van der Waals surface area contributed by atoms with E-state index in [1.807, 2.05) is 54.9 Å². The summed E-state index contributed by atoms with van der Waals surface area (Å²) in [5.41, 5.74) is 2.95. The van der Waals surface area contributed by atoms with Crippen molar-refractivity contribution in [3.05, 3.63) is 72.3 Å². The number of hydrogen-bond acceptors (Lipinski definition) is 5. The van der Waals surface area contributed by atoms with Crippen LogP contribution in [0.5, 0.6) is 0 Å². The standard InChI is InChI=1S/C18H21N5O/c1-15(22(10-11-24)13-16-6-5-9-19-12-16)18-14-23(21-20-18)17-7-3-2-4-8-17/h2-9,12,14-15,24H,10-11,13H2,1H3. The summed E-state index contributed by atoms with van der Waals surface area (Å²) in [6.07, 6.45) is 5.54. The molecule has 3 rings (SSSR count). The van der Waals surface area contributed by atoms with Crippen molar-refractivity contribution < 1.29 is 5.11 Å². The molecule has 124 valence electrons. The van der Waals surface area contributed by atoms with Crippen LogP contribution in [-0.4, -0.2) is 43.1 Å². The molecule has 0 bridgehead atoms. The van der Waals surface area contributed by atoms with Crippen LogP contribution in [0.3, 0.4) is 0 Å². The lowest BCUT2D eigenvalue weighted by molar-refractivity contribution is 0.149. The van der Waals surface area contributed by atoms with Crippen LogP contribution in [-0.2, 0) is 6.54 Å². The van der Waals surface area contributed by atoms with Gasteiger partial charge in [0.15, 0.2) is 0 Å². The number of benzene rings is 1. The first-order valence-electron chi connectivity index (χ1n) is 7.99. The van der Waals surface area contributed by atoms with Gasteiger partial charge < -0.3 is 5.11 Å². The molecule has 24 heavy (non-hydrogen) atoms. The second kappa shape index (κ2) is 7.81. The molecule has 0 amide bonds. The number of aromatic nitrogens is 4. The highest BCUT2D eigenvalue weighted by molar-refractivity contribution is 5.30. The fraction of sp³-hybridized carbons (Fsp3) is 0.278. The Kier molecular flexibility index (Phi) is 5.30. The SMILES string of the molecule is CC(c1cn(-c2ccccc2)nn1)N(CCO)Cc1cccnc1. The summed E-state index contributed by atoms with van der Waals surface area (Å²) in [5, 5.41) is 17.9. The first kappa shape index (κ1) is 16.3.